The summed E-state index contributed by atoms with van der Waals surface area (Å²) in [4.78, 5) is 11.9. The molecule has 112 valence electrons. The SMILES string of the molecule is CC1(c2n[nH]c(=O)n2CCOc2ccccc2)COCO1. The summed E-state index contributed by atoms with van der Waals surface area (Å²) in [7, 11) is 0. The lowest BCUT2D eigenvalue weighted by atomic mass is 10.1. The number of H-pyrrole nitrogens is 1. The van der Waals surface area contributed by atoms with E-state index in [9.17, 15) is 4.79 Å². The van der Waals surface area contributed by atoms with Gasteiger partial charge in [0.2, 0.25) is 0 Å². The summed E-state index contributed by atoms with van der Waals surface area (Å²) in [6, 6.07) is 9.46. The zero-order valence-corrected chi connectivity index (χ0v) is 11.7. The van der Waals surface area contributed by atoms with Crippen molar-refractivity contribution in [1.29, 1.82) is 0 Å². The van der Waals surface area contributed by atoms with Crippen LogP contribution in [-0.4, -0.2) is 34.8 Å². The molecule has 1 aromatic carbocycles. The molecule has 7 heteroatoms. The molecular weight excluding hydrogens is 274 g/mol. The molecule has 0 bridgehead atoms. The first-order chi connectivity index (χ1) is 10.2. The maximum absolute atomic E-state index is 11.9. The normalized spacial score (nSPS) is 21.6. The first-order valence-corrected chi connectivity index (χ1v) is 6.74. The van der Waals surface area contributed by atoms with E-state index in [4.69, 9.17) is 14.2 Å². The molecule has 0 aliphatic carbocycles. The minimum atomic E-state index is -0.702. The summed E-state index contributed by atoms with van der Waals surface area (Å²) in [6.45, 7) is 3.19. The smallest absolute Gasteiger partial charge is 0.343 e. The molecule has 0 spiro atoms. The van der Waals surface area contributed by atoms with Crippen molar-refractivity contribution in [3.05, 3.63) is 46.6 Å². The van der Waals surface area contributed by atoms with Gasteiger partial charge in [0.1, 0.15) is 19.1 Å². The van der Waals surface area contributed by atoms with E-state index in [0.29, 0.717) is 25.6 Å². The maximum Gasteiger partial charge on any atom is 0.343 e. The number of benzene rings is 1. The van der Waals surface area contributed by atoms with Crippen molar-refractivity contribution in [2.75, 3.05) is 20.0 Å². The summed E-state index contributed by atoms with van der Waals surface area (Å²) in [6.07, 6.45) is 0. The fraction of sp³-hybridized carbons (Fsp3) is 0.429. The lowest BCUT2D eigenvalue weighted by molar-refractivity contribution is -0.00772. The van der Waals surface area contributed by atoms with E-state index >= 15 is 0 Å². The van der Waals surface area contributed by atoms with E-state index in [1.165, 1.54) is 4.57 Å². The molecule has 2 heterocycles. The lowest BCUT2D eigenvalue weighted by Gasteiger charge is -2.20. The number of hydrogen-bond donors (Lipinski definition) is 1. The van der Waals surface area contributed by atoms with Crippen molar-refractivity contribution in [3.8, 4) is 5.75 Å². The number of nitrogens with one attached hydrogen (secondary N) is 1. The Hall–Kier alpha value is -2.12. The number of aromatic amines is 1. The predicted molar refractivity (Wildman–Crippen MR) is 74.0 cm³/mol. The van der Waals surface area contributed by atoms with Crippen LogP contribution in [0.15, 0.2) is 35.1 Å². The molecule has 1 aliphatic heterocycles. The Bertz CT molecular complexity index is 644. The predicted octanol–water partition coefficient (Wildman–Crippen LogP) is 0.870. The van der Waals surface area contributed by atoms with Gasteiger partial charge in [0.25, 0.3) is 0 Å². The van der Waals surface area contributed by atoms with Crippen molar-refractivity contribution in [2.45, 2.75) is 19.1 Å². The molecule has 1 saturated heterocycles. The lowest BCUT2D eigenvalue weighted by Crippen LogP contribution is -2.32. The molecule has 1 fully saturated rings. The molecular formula is C14H17N3O4. The van der Waals surface area contributed by atoms with E-state index in [-0.39, 0.29) is 12.5 Å². The van der Waals surface area contributed by atoms with Gasteiger partial charge in [-0.3, -0.25) is 4.57 Å². The second-order valence-corrected chi connectivity index (χ2v) is 5.01. The third kappa shape index (κ3) is 2.84. The topological polar surface area (TPSA) is 78.4 Å². The van der Waals surface area contributed by atoms with Gasteiger partial charge < -0.3 is 14.2 Å². The summed E-state index contributed by atoms with van der Waals surface area (Å²) >= 11 is 0. The highest BCUT2D eigenvalue weighted by molar-refractivity contribution is 5.20. The van der Waals surface area contributed by atoms with E-state index < -0.39 is 5.60 Å². The van der Waals surface area contributed by atoms with Crippen LogP contribution < -0.4 is 10.4 Å². The first-order valence-electron chi connectivity index (χ1n) is 6.74. The van der Waals surface area contributed by atoms with Crippen LogP contribution in [0.1, 0.15) is 12.7 Å². The molecule has 1 aliphatic rings. The number of para-hydroxylation sites is 1. The summed E-state index contributed by atoms with van der Waals surface area (Å²) in [5, 5.41) is 6.51. The van der Waals surface area contributed by atoms with Crippen molar-refractivity contribution < 1.29 is 14.2 Å². The molecule has 1 atom stereocenters. The minimum Gasteiger partial charge on any atom is -0.492 e. The molecule has 0 radical (unpaired) electrons. The van der Waals surface area contributed by atoms with Gasteiger partial charge in [-0.15, -0.1) is 0 Å². The summed E-state index contributed by atoms with van der Waals surface area (Å²) < 4.78 is 17.9. The standard InChI is InChI=1S/C14H17N3O4/c1-14(9-19-10-21-14)12-15-16-13(18)17(12)7-8-20-11-5-3-2-4-6-11/h2-6H,7-10H2,1H3,(H,16,18). The molecule has 7 nitrogen and oxygen atoms in total. The molecule has 3 rings (SSSR count). The molecule has 0 amide bonds. The summed E-state index contributed by atoms with van der Waals surface area (Å²) in [5.41, 5.74) is -0.982. The van der Waals surface area contributed by atoms with Crippen LogP contribution in [0.3, 0.4) is 0 Å². The van der Waals surface area contributed by atoms with Gasteiger partial charge in [-0.1, -0.05) is 18.2 Å². The van der Waals surface area contributed by atoms with Crippen LogP contribution in [0.25, 0.3) is 0 Å². The largest absolute Gasteiger partial charge is 0.492 e. The highest BCUT2D eigenvalue weighted by Gasteiger charge is 2.38. The number of nitrogens with zero attached hydrogens (tertiary/aromatic N) is 2. The number of aromatic nitrogens is 3. The van der Waals surface area contributed by atoms with Gasteiger partial charge in [0, 0.05) is 0 Å². The fourth-order valence-electron chi connectivity index (χ4n) is 2.28. The maximum atomic E-state index is 11.9. The second kappa shape index (κ2) is 5.71. The van der Waals surface area contributed by atoms with E-state index in [1.807, 2.05) is 37.3 Å². The average molecular weight is 291 g/mol. The Kier molecular flexibility index (Phi) is 3.76. The van der Waals surface area contributed by atoms with Gasteiger partial charge >= 0.3 is 5.69 Å². The van der Waals surface area contributed by atoms with Crippen LogP contribution in [0, 0.1) is 0 Å². The fourth-order valence-corrected chi connectivity index (χ4v) is 2.28. The molecule has 1 aromatic heterocycles. The van der Waals surface area contributed by atoms with Gasteiger partial charge in [-0.05, 0) is 19.1 Å². The molecule has 2 aromatic rings. The van der Waals surface area contributed by atoms with Crippen LogP contribution in [0.4, 0.5) is 0 Å². The monoisotopic (exact) mass is 291 g/mol. The third-order valence-electron chi connectivity index (χ3n) is 3.40. The van der Waals surface area contributed by atoms with E-state index in [0.717, 1.165) is 5.75 Å². The van der Waals surface area contributed by atoms with Crippen molar-refractivity contribution >= 4 is 0 Å². The number of hydrogen-bond acceptors (Lipinski definition) is 5. The quantitative estimate of drug-likeness (QED) is 0.884. The van der Waals surface area contributed by atoms with E-state index in [1.54, 1.807) is 0 Å². The highest BCUT2D eigenvalue weighted by atomic mass is 16.7. The van der Waals surface area contributed by atoms with E-state index in [2.05, 4.69) is 10.2 Å². The van der Waals surface area contributed by atoms with Gasteiger partial charge in [0.05, 0.1) is 13.2 Å². The Balaban J connectivity index is 1.71. The molecule has 21 heavy (non-hydrogen) atoms. The minimum absolute atomic E-state index is 0.206. The number of rotatable bonds is 5. The van der Waals surface area contributed by atoms with Crippen LogP contribution in [0.2, 0.25) is 0 Å². The van der Waals surface area contributed by atoms with Gasteiger partial charge in [-0.2, -0.15) is 5.10 Å². The average Bonchev–Trinajstić information content (AvgIpc) is 3.08. The third-order valence-corrected chi connectivity index (χ3v) is 3.40. The number of ether oxygens (including phenoxy) is 3. The molecule has 1 unspecified atom stereocenters. The second-order valence-electron chi connectivity index (χ2n) is 5.01. The molecule has 0 saturated carbocycles. The van der Waals surface area contributed by atoms with Crippen LogP contribution in [-0.2, 0) is 21.6 Å². The van der Waals surface area contributed by atoms with Crippen LogP contribution >= 0.6 is 0 Å². The Morgan fingerprint density at radius 2 is 2.24 bits per heavy atom. The molecule has 1 N–H and O–H groups in total. The van der Waals surface area contributed by atoms with Gasteiger partial charge in [0.15, 0.2) is 11.4 Å². The van der Waals surface area contributed by atoms with Crippen LogP contribution in [0.5, 0.6) is 5.75 Å². The zero-order chi connectivity index (χ0) is 14.7. The van der Waals surface area contributed by atoms with Crippen molar-refractivity contribution in [2.24, 2.45) is 0 Å². The van der Waals surface area contributed by atoms with Crippen molar-refractivity contribution in [3.63, 3.8) is 0 Å². The summed E-state index contributed by atoms with van der Waals surface area (Å²) in [5.74, 6) is 1.30. The highest BCUT2D eigenvalue weighted by Crippen LogP contribution is 2.27. The Morgan fingerprint density at radius 3 is 2.95 bits per heavy atom. The zero-order valence-electron chi connectivity index (χ0n) is 11.7. The van der Waals surface area contributed by atoms with Gasteiger partial charge in [-0.25, -0.2) is 9.89 Å². The Labute approximate surface area is 121 Å². The Morgan fingerprint density at radius 1 is 1.43 bits per heavy atom. The van der Waals surface area contributed by atoms with Crippen molar-refractivity contribution in [1.82, 2.24) is 14.8 Å². The first kappa shape index (κ1) is 13.8.